The van der Waals surface area contributed by atoms with Crippen LogP contribution in [0.1, 0.15) is 41.5 Å². The fourth-order valence-electron chi connectivity index (χ4n) is 2.36. The number of ether oxygens (including phenoxy) is 1. The molecule has 25 heavy (non-hydrogen) atoms. The van der Waals surface area contributed by atoms with Gasteiger partial charge in [0.25, 0.3) is 11.8 Å². The molecule has 0 aliphatic carbocycles. The number of nitrogens with zero attached hydrogens (tertiary/aromatic N) is 2. The summed E-state index contributed by atoms with van der Waals surface area (Å²) < 4.78 is 31.0. The van der Waals surface area contributed by atoms with E-state index in [1.54, 1.807) is 20.8 Å². The lowest BCUT2D eigenvalue weighted by atomic mass is 10.1. The molecule has 2 rings (SSSR count). The topological polar surface area (TPSA) is 116 Å². The summed E-state index contributed by atoms with van der Waals surface area (Å²) in [7, 11) is 1.28. The largest absolute Gasteiger partial charge is 0.748 e. The van der Waals surface area contributed by atoms with Gasteiger partial charge in [0.2, 0.25) is 0 Å². The van der Waals surface area contributed by atoms with Gasteiger partial charge in [-0.1, -0.05) is 6.07 Å². The van der Waals surface area contributed by atoms with Crippen molar-refractivity contribution >= 4 is 34.8 Å². The van der Waals surface area contributed by atoms with E-state index in [9.17, 15) is 23.1 Å². The zero-order chi connectivity index (χ0) is 18.9. The molecule has 1 unspecified atom stereocenters. The van der Waals surface area contributed by atoms with E-state index in [-0.39, 0.29) is 16.8 Å². The number of carbonyl (C=O) groups excluding carboxylic acids is 3. The number of imide groups is 1. The molecule has 1 aromatic carbocycles. The van der Waals surface area contributed by atoms with E-state index in [2.05, 4.69) is 4.28 Å². The molecule has 0 saturated heterocycles. The third-order valence-corrected chi connectivity index (χ3v) is 3.54. The molecular formula is C15H17N2O7S-. The summed E-state index contributed by atoms with van der Waals surface area (Å²) in [6.45, 7) is 4.46. The molecule has 9 nitrogen and oxygen atoms in total. The van der Waals surface area contributed by atoms with Gasteiger partial charge in [-0.25, -0.2) is 9.27 Å². The highest BCUT2D eigenvalue weighted by Gasteiger charge is 2.40. The van der Waals surface area contributed by atoms with E-state index >= 15 is 0 Å². The lowest BCUT2D eigenvalue weighted by molar-refractivity contribution is -0.155. The Morgan fingerprint density at radius 1 is 1.28 bits per heavy atom. The van der Waals surface area contributed by atoms with Crippen molar-refractivity contribution in [2.75, 3.05) is 18.7 Å². The van der Waals surface area contributed by atoms with Crippen LogP contribution >= 0.6 is 0 Å². The van der Waals surface area contributed by atoms with Gasteiger partial charge >= 0.3 is 5.97 Å². The van der Waals surface area contributed by atoms with Gasteiger partial charge in [0.15, 0.2) is 0 Å². The Morgan fingerprint density at radius 3 is 2.48 bits per heavy atom. The van der Waals surface area contributed by atoms with E-state index in [1.807, 2.05) is 0 Å². The van der Waals surface area contributed by atoms with Crippen LogP contribution in [0.2, 0.25) is 0 Å². The quantitative estimate of drug-likeness (QED) is 0.324. The average molecular weight is 369 g/mol. The summed E-state index contributed by atoms with van der Waals surface area (Å²) in [5, 5.41) is 0.851. The van der Waals surface area contributed by atoms with Crippen molar-refractivity contribution < 1.29 is 32.2 Å². The number of rotatable bonds is 5. The molecule has 2 amide bonds. The second-order valence-corrected chi connectivity index (χ2v) is 6.82. The number of hydrogen-bond acceptors (Lipinski definition) is 8. The molecule has 1 heterocycles. The number of hydrogen-bond donors (Lipinski definition) is 0. The van der Waals surface area contributed by atoms with Crippen molar-refractivity contribution in [2.45, 2.75) is 26.4 Å². The van der Waals surface area contributed by atoms with Gasteiger partial charge in [-0.3, -0.25) is 19.3 Å². The van der Waals surface area contributed by atoms with Crippen LogP contribution in [0.4, 0.5) is 5.69 Å². The fraction of sp³-hybridized carbons (Fsp3) is 0.400. The summed E-state index contributed by atoms with van der Waals surface area (Å²) in [4.78, 5) is 37.7. The molecule has 1 aromatic rings. The Kier molecular flexibility index (Phi) is 5.26. The number of carbonyl (C=O) groups is 3. The summed E-state index contributed by atoms with van der Waals surface area (Å²) in [5.74, 6) is -2.12. The molecule has 1 atom stereocenters. The number of hydroxylamine groups is 1. The van der Waals surface area contributed by atoms with Crippen LogP contribution in [0.25, 0.3) is 0 Å². The smallest absolute Gasteiger partial charge is 0.326 e. The van der Waals surface area contributed by atoms with Gasteiger partial charge in [-0.05, 0) is 32.9 Å². The first-order valence-corrected chi connectivity index (χ1v) is 8.24. The van der Waals surface area contributed by atoms with Gasteiger partial charge in [0.1, 0.15) is 23.5 Å². The van der Waals surface area contributed by atoms with E-state index in [0.717, 1.165) is 9.96 Å². The Hall–Kier alpha value is -2.30. The molecule has 0 aromatic heterocycles. The normalized spacial score (nSPS) is 15.2. The molecule has 0 radical (unpaired) electrons. The first-order chi connectivity index (χ1) is 11.5. The lowest BCUT2D eigenvalue weighted by Gasteiger charge is -2.22. The van der Waals surface area contributed by atoms with E-state index in [4.69, 9.17) is 4.74 Å². The second-order valence-electron chi connectivity index (χ2n) is 6.26. The number of fused-ring (bicyclic) bond motifs is 1. The zero-order valence-electron chi connectivity index (χ0n) is 14.1. The maximum absolute atomic E-state index is 12.6. The van der Waals surface area contributed by atoms with Crippen LogP contribution in [0, 0.1) is 0 Å². The predicted molar refractivity (Wildman–Crippen MR) is 86.1 cm³/mol. The maximum atomic E-state index is 12.6. The minimum Gasteiger partial charge on any atom is -0.748 e. The Bertz CT molecular complexity index is 757. The molecule has 0 spiro atoms. The van der Waals surface area contributed by atoms with Crippen molar-refractivity contribution in [3.05, 3.63) is 29.3 Å². The standard InChI is InChI=1S/C15H18N2O7S/c1-15(2,3)23-11(18)8-17-13(19)9-6-5-7-10(12(9)14(17)20)16(4)24-25(21)22/h5-7H,8H2,1-4H3,(H,21,22)/p-1. The van der Waals surface area contributed by atoms with Crippen LogP contribution in [0.5, 0.6) is 0 Å². The number of anilines is 1. The van der Waals surface area contributed by atoms with Crippen LogP contribution in [0.15, 0.2) is 18.2 Å². The highest BCUT2D eigenvalue weighted by atomic mass is 32.2. The first-order valence-electron chi connectivity index (χ1n) is 7.24. The maximum Gasteiger partial charge on any atom is 0.326 e. The molecule has 0 saturated carbocycles. The highest BCUT2D eigenvalue weighted by Crippen LogP contribution is 2.31. The molecular weight excluding hydrogens is 352 g/mol. The fourth-order valence-corrected chi connectivity index (χ4v) is 2.62. The molecule has 136 valence electrons. The van der Waals surface area contributed by atoms with Crippen LogP contribution in [0.3, 0.4) is 0 Å². The van der Waals surface area contributed by atoms with Crippen LogP contribution in [-0.2, 0) is 25.2 Å². The average Bonchev–Trinajstić information content (AvgIpc) is 2.70. The van der Waals surface area contributed by atoms with Gasteiger partial charge in [-0.2, -0.15) is 4.28 Å². The van der Waals surface area contributed by atoms with E-state index < -0.39 is 41.3 Å². The second kappa shape index (κ2) is 6.90. The van der Waals surface area contributed by atoms with Gasteiger partial charge in [0.05, 0.1) is 16.8 Å². The van der Waals surface area contributed by atoms with Crippen molar-refractivity contribution in [2.24, 2.45) is 0 Å². The van der Waals surface area contributed by atoms with E-state index in [0.29, 0.717) is 0 Å². The highest BCUT2D eigenvalue weighted by molar-refractivity contribution is 7.74. The van der Waals surface area contributed by atoms with Crippen molar-refractivity contribution in [3.63, 3.8) is 0 Å². The first kappa shape index (κ1) is 19.0. The van der Waals surface area contributed by atoms with Crippen molar-refractivity contribution in [3.8, 4) is 0 Å². The Morgan fingerprint density at radius 2 is 1.92 bits per heavy atom. The Labute approximate surface area is 146 Å². The summed E-state index contributed by atoms with van der Waals surface area (Å²) in [6, 6.07) is 4.31. The van der Waals surface area contributed by atoms with Crippen LogP contribution < -0.4 is 5.06 Å². The number of amides is 2. The summed E-state index contributed by atoms with van der Waals surface area (Å²) in [6.07, 6.45) is 0. The molecule has 1 aliphatic heterocycles. The minimum atomic E-state index is -2.85. The zero-order valence-corrected chi connectivity index (χ0v) is 14.9. The number of benzene rings is 1. The third kappa shape index (κ3) is 4.21. The summed E-state index contributed by atoms with van der Waals surface area (Å²) >= 11 is -2.85. The lowest BCUT2D eigenvalue weighted by Crippen LogP contribution is -2.38. The molecule has 0 bridgehead atoms. The van der Waals surface area contributed by atoms with Crippen LogP contribution in [-0.4, -0.2) is 50.6 Å². The van der Waals surface area contributed by atoms with E-state index in [1.165, 1.54) is 25.2 Å². The molecule has 1 aliphatic rings. The van der Waals surface area contributed by atoms with Crippen molar-refractivity contribution in [1.82, 2.24) is 4.90 Å². The SMILES string of the molecule is CN(OS(=O)[O-])c1cccc2c1C(=O)N(CC(=O)OC(C)(C)C)C2=O. The molecule has 10 heteroatoms. The van der Waals surface area contributed by atoms with Gasteiger partial charge < -0.3 is 9.29 Å². The summed E-state index contributed by atoms with van der Waals surface area (Å²) in [5.41, 5.74) is -0.651. The minimum absolute atomic E-state index is 0.0380. The van der Waals surface area contributed by atoms with Crippen molar-refractivity contribution in [1.29, 1.82) is 0 Å². The Balaban J connectivity index is 2.30. The third-order valence-electron chi connectivity index (χ3n) is 3.20. The number of esters is 1. The predicted octanol–water partition coefficient (Wildman–Crippen LogP) is 0.786. The monoisotopic (exact) mass is 369 g/mol. The van der Waals surface area contributed by atoms with Gasteiger partial charge in [0, 0.05) is 7.05 Å². The molecule has 0 N–H and O–H groups in total. The van der Waals surface area contributed by atoms with Gasteiger partial charge in [-0.15, -0.1) is 0 Å². The molecule has 0 fully saturated rings.